The van der Waals surface area contributed by atoms with Gasteiger partial charge >= 0.3 is 6.01 Å². The zero-order chi connectivity index (χ0) is 10.1. The Bertz CT molecular complexity index is 306. The van der Waals surface area contributed by atoms with Gasteiger partial charge in [-0.15, -0.1) is 0 Å². The summed E-state index contributed by atoms with van der Waals surface area (Å²) in [4.78, 5) is 11.9. The molecule has 0 aliphatic rings. The van der Waals surface area contributed by atoms with Gasteiger partial charge in [0.25, 0.3) is 0 Å². The van der Waals surface area contributed by atoms with Crippen molar-refractivity contribution in [3.63, 3.8) is 0 Å². The van der Waals surface area contributed by atoms with Crippen LogP contribution < -0.4 is 10.5 Å². The van der Waals surface area contributed by atoms with Crippen LogP contribution in [0, 0.1) is 0 Å². The van der Waals surface area contributed by atoms with E-state index in [0.29, 0.717) is 5.82 Å². The monoisotopic (exact) mass is 182 g/mol. The Kier molecular flexibility index (Phi) is 2.36. The lowest BCUT2D eigenvalue weighted by molar-refractivity contribution is 0.371. The summed E-state index contributed by atoms with van der Waals surface area (Å²) >= 11 is 0. The number of nitrogen functional groups attached to an aromatic ring is 1. The van der Waals surface area contributed by atoms with E-state index in [1.165, 1.54) is 7.11 Å². The lowest BCUT2D eigenvalue weighted by Gasteiger charge is -2.16. The SMILES string of the molecule is COc1nc(N)nc(C(C)(C)C)n1. The van der Waals surface area contributed by atoms with Crippen LogP contribution in [0.2, 0.25) is 0 Å². The zero-order valence-corrected chi connectivity index (χ0v) is 8.33. The molecule has 1 aromatic heterocycles. The number of nitrogens with zero attached hydrogens (tertiary/aromatic N) is 3. The summed E-state index contributed by atoms with van der Waals surface area (Å²) in [6, 6.07) is 0.262. The van der Waals surface area contributed by atoms with E-state index in [4.69, 9.17) is 10.5 Å². The fourth-order valence-electron chi connectivity index (χ4n) is 0.799. The predicted molar refractivity (Wildman–Crippen MR) is 49.5 cm³/mol. The van der Waals surface area contributed by atoms with Gasteiger partial charge < -0.3 is 10.5 Å². The molecule has 1 aromatic rings. The van der Waals surface area contributed by atoms with E-state index in [1.54, 1.807) is 0 Å². The minimum absolute atomic E-state index is 0.148. The minimum atomic E-state index is -0.148. The molecule has 0 amide bonds. The first-order valence-corrected chi connectivity index (χ1v) is 3.99. The van der Waals surface area contributed by atoms with E-state index >= 15 is 0 Å². The van der Waals surface area contributed by atoms with Gasteiger partial charge in [0.15, 0.2) is 0 Å². The van der Waals surface area contributed by atoms with Crippen LogP contribution in [0.4, 0.5) is 5.95 Å². The molecule has 0 spiro atoms. The molecule has 0 bridgehead atoms. The maximum Gasteiger partial charge on any atom is 0.321 e. The Morgan fingerprint density at radius 2 is 1.77 bits per heavy atom. The van der Waals surface area contributed by atoms with Crippen molar-refractivity contribution in [1.82, 2.24) is 15.0 Å². The molecule has 0 unspecified atom stereocenters. The van der Waals surface area contributed by atoms with Crippen molar-refractivity contribution in [3.8, 4) is 6.01 Å². The highest BCUT2D eigenvalue weighted by Gasteiger charge is 2.19. The van der Waals surface area contributed by atoms with Crippen molar-refractivity contribution in [3.05, 3.63) is 5.82 Å². The highest BCUT2D eigenvalue weighted by atomic mass is 16.5. The maximum absolute atomic E-state index is 5.49. The topological polar surface area (TPSA) is 73.9 Å². The average Bonchev–Trinajstić information content (AvgIpc) is 2.01. The Hall–Kier alpha value is -1.39. The maximum atomic E-state index is 5.49. The summed E-state index contributed by atoms with van der Waals surface area (Å²) in [6.45, 7) is 6.00. The van der Waals surface area contributed by atoms with Gasteiger partial charge in [0.05, 0.1) is 7.11 Å². The van der Waals surface area contributed by atoms with Crippen molar-refractivity contribution in [2.24, 2.45) is 0 Å². The van der Waals surface area contributed by atoms with E-state index in [9.17, 15) is 0 Å². The summed E-state index contributed by atoms with van der Waals surface area (Å²) in [5.41, 5.74) is 5.34. The normalized spacial score (nSPS) is 11.4. The summed E-state index contributed by atoms with van der Waals surface area (Å²) in [5, 5.41) is 0. The molecule has 0 atom stereocenters. The quantitative estimate of drug-likeness (QED) is 0.694. The first-order chi connectivity index (χ1) is 5.93. The molecular formula is C8H14N4O. The Labute approximate surface area is 77.4 Å². The van der Waals surface area contributed by atoms with Crippen LogP contribution in [0.3, 0.4) is 0 Å². The lowest BCUT2D eigenvalue weighted by atomic mass is 9.96. The highest BCUT2D eigenvalue weighted by Crippen LogP contribution is 2.19. The molecule has 0 saturated heterocycles. The van der Waals surface area contributed by atoms with Gasteiger partial charge in [-0.1, -0.05) is 20.8 Å². The fourth-order valence-corrected chi connectivity index (χ4v) is 0.799. The number of hydrogen-bond acceptors (Lipinski definition) is 5. The lowest BCUT2D eigenvalue weighted by Crippen LogP contribution is -2.18. The first-order valence-electron chi connectivity index (χ1n) is 3.99. The average molecular weight is 182 g/mol. The molecule has 0 saturated carbocycles. The van der Waals surface area contributed by atoms with Gasteiger partial charge in [0.1, 0.15) is 5.82 Å². The molecule has 0 aliphatic carbocycles. The largest absolute Gasteiger partial charge is 0.467 e. The Balaban J connectivity index is 3.16. The molecule has 0 radical (unpaired) electrons. The predicted octanol–water partition coefficient (Wildman–Crippen LogP) is 0.760. The number of hydrogen-bond donors (Lipinski definition) is 1. The molecule has 13 heavy (non-hydrogen) atoms. The van der Waals surface area contributed by atoms with E-state index in [1.807, 2.05) is 20.8 Å². The second kappa shape index (κ2) is 3.16. The van der Waals surface area contributed by atoms with E-state index in [2.05, 4.69) is 15.0 Å². The van der Waals surface area contributed by atoms with Gasteiger partial charge in [-0.05, 0) is 0 Å². The standard InChI is InChI=1S/C8H14N4O/c1-8(2,3)5-10-6(9)12-7(11-5)13-4/h1-4H3,(H2,9,10,11,12). The molecule has 1 heterocycles. The molecule has 1 rings (SSSR count). The van der Waals surface area contributed by atoms with Crippen molar-refractivity contribution in [2.75, 3.05) is 12.8 Å². The van der Waals surface area contributed by atoms with Crippen LogP contribution in [0.1, 0.15) is 26.6 Å². The molecule has 0 fully saturated rings. The van der Waals surface area contributed by atoms with Crippen LogP contribution in [0.25, 0.3) is 0 Å². The van der Waals surface area contributed by atoms with Gasteiger partial charge in [-0.25, -0.2) is 0 Å². The number of ether oxygens (including phenoxy) is 1. The molecular weight excluding hydrogens is 168 g/mol. The fraction of sp³-hybridized carbons (Fsp3) is 0.625. The Morgan fingerprint density at radius 3 is 2.23 bits per heavy atom. The summed E-state index contributed by atoms with van der Waals surface area (Å²) in [6.07, 6.45) is 0. The van der Waals surface area contributed by atoms with Crippen molar-refractivity contribution in [1.29, 1.82) is 0 Å². The van der Waals surface area contributed by atoms with Gasteiger partial charge in [0, 0.05) is 5.41 Å². The van der Waals surface area contributed by atoms with Gasteiger partial charge in [-0.2, -0.15) is 15.0 Å². The smallest absolute Gasteiger partial charge is 0.321 e. The molecule has 2 N–H and O–H groups in total. The van der Waals surface area contributed by atoms with Crippen LogP contribution in [-0.2, 0) is 5.41 Å². The minimum Gasteiger partial charge on any atom is -0.467 e. The second-order valence-electron chi connectivity index (χ2n) is 3.75. The molecule has 5 heteroatoms. The molecule has 5 nitrogen and oxygen atoms in total. The van der Waals surface area contributed by atoms with Gasteiger partial charge in [-0.3, -0.25) is 0 Å². The Morgan fingerprint density at radius 1 is 1.15 bits per heavy atom. The number of anilines is 1. The van der Waals surface area contributed by atoms with Crippen LogP contribution in [-0.4, -0.2) is 22.1 Å². The van der Waals surface area contributed by atoms with Crippen molar-refractivity contribution in [2.45, 2.75) is 26.2 Å². The van der Waals surface area contributed by atoms with Gasteiger partial charge in [0.2, 0.25) is 5.95 Å². The first kappa shape index (κ1) is 9.70. The summed E-state index contributed by atoms with van der Waals surface area (Å²) < 4.78 is 4.89. The van der Waals surface area contributed by atoms with E-state index < -0.39 is 0 Å². The highest BCUT2D eigenvalue weighted by molar-refractivity contribution is 5.20. The van der Waals surface area contributed by atoms with Crippen molar-refractivity contribution >= 4 is 5.95 Å². The summed E-state index contributed by atoms with van der Waals surface area (Å²) in [7, 11) is 1.50. The number of nitrogens with two attached hydrogens (primary N) is 1. The van der Waals surface area contributed by atoms with Crippen LogP contribution in [0.15, 0.2) is 0 Å². The third-order valence-corrected chi connectivity index (χ3v) is 1.49. The van der Waals surface area contributed by atoms with Crippen LogP contribution >= 0.6 is 0 Å². The van der Waals surface area contributed by atoms with Crippen LogP contribution in [0.5, 0.6) is 6.01 Å². The van der Waals surface area contributed by atoms with E-state index in [-0.39, 0.29) is 17.4 Å². The molecule has 72 valence electrons. The van der Waals surface area contributed by atoms with Crippen molar-refractivity contribution < 1.29 is 4.74 Å². The number of rotatable bonds is 1. The summed E-state index contributed by atoms with van der Waals surface area (Å²) in [5.74, 6) is 0.827. The third-order valence-electron chi connectivity index (χ3n) is 1.49. The number of methoxy groups -OCH3 is 1. The molecule has 0 aliphatic heterocycles. The molecule has 0 aromatic carbocycles. The van der Waals surface area contributed by atoms with E-state index in [0.717, 1.165) is 0 Å². The number of aromatic nitrogens is 3. The zero-order valence-electron chi connectivity index (χ0n) is 8.33. The third kappa shape index (κ3) is 2.27. The second-order valence-corrected chi connectivity index (χ2v) is 3.75.